The number of thiophene rings is 1. The second-order valence-electron chi connectivity index (χ2n) is 6.64. The number of aryl methyl sites for hydroxylation is 1. The molecule has 0 atom stereocenters. The predicted molar refractivity (Wildman–Crippen MR) is 102 cm³/mol. The van der Waals surface area contributed by atoms with E-state index in [1.54, 1.807) is 0 Å². The van der Waals surface area contributed by atoms with Crippen LogP contribution in [0.1, 0.15) is 12.0 Å². The average molecular weight is 324 g/mol. The van der Waals surface area contributed by atoms with Gasteiger partial charge in [-0.05, 0) is 38.1 Å². The van der Waals surface area contributed by atoms with Crippen molar-refractivity contribution in [1.82, 2.24) is 9.80 Å². The molecule has 2 nitrogen and oxygen atoms in total. The third-order valence-electron chi connectivity index (χ3n) is 5.00. The first-order valence-corrected chi connectivity index (χ1v) is 9.43. The zero-order valence-electron chi connectivity index (χ0n) is 13.8. The lowest BCUT2D eigenvalue weighted by molar-refractivity contribution is 0.153. The van der Waals surface area contributed by atoms with Crippen LogP contribution in [0.4, 0.5) is 0 Å². The van der Waals surface area contributed by atoms with Crippen molar-refractivity contribution in [2.45, 2.75) is 12.8 Å². The molecule has 0 aliphatic carbocycles. The number of fused-ring (bicyclic) bond motifs is 3. The molecule has 23 heavy (non-hydrogen) atoms. The van der Waals surface area contributed by atoms with Gasteiger partial charge in [-0.3, -0.25) is 0 Å². The molecule has 1 aromatic heterocycles. The van der Waals surface area contributed by atoms with Gasteiger partial charge in [0, 0.05) is 46.4 Å². The molecule has 0 unspecified atom stereocenters. The van der Waals surface area contributed by atoms with E-state index in [9.17, 15) is 0 Å². The van der Waals surface area contributed by atoms with Crippen molar-refractivity contribution in [3.8, 4) is 0 Å². The van der Waals surface area contributed by atoms with E-state index < -0.39 is 0 Å². The first-order chi connectivity index (χ1) is 11.3. The molecule has 2 aromatic carbocycles. The molecule has 0 spiro atoms. The Bertz CT molecular complexity index is 800. The summed E-state index contributed by atoms with van der Waals surface area (Å²) >= 11 is 1.95. The third kappa shape index (κ3) is 3.14. The van der Waals surface area contributed by atoms with E-state index in [1.807, 2.05) is 11.3 Å². The molecule has 120 valence electrons. The van der Waals surface area contributed by atoms with Gasteiger partial charge >= 0.3 is 0 Å². The van der Waals surface area contributed by atoms with Gasteiger partial charge in [0.2, 0.25) is 0 Å². The maximum atomic E-state index is 2.62. The molecule has 1 aliphatic heterocycles. The SMILES string of the molecule is CN1CCN(CCCc2cccc3c2sc2ccccc23)CC1. The highest BCUT2D eigenvalue weighted by Crippen LogP contribution is 2.36. The van der Waals surface area contributed by atoms with Crippen molar-refractivity contribution < 1.29 is 0 Å². The molecule has 0 saturated carbocycles. The molecule has 4 rings (SSSR count). The Morgan fingerprint density at radius 1 is 0.913 bits per heavy atom. The quantitative estimate of drug-likeness (QED) is 0.708. The summed E-state index contributed by atoms with van der Waals surface area (Å²) in [6.45, 7) is 6.11. The summed E-state index contributed by atoms with van der Waals surface area (Å²) in [6.07, 6.45) is 2.45. The number of benzene rings is 2. The zero-order valence-corrected chi connectivity index (χ0v) is 14.6. The first-order valence-electron chi connectivity index (χ1n) is 8.61. The smallest absolute Gasteiger partial charge is 0.0387 e. The fourth-order valence-electron chi connectivity index (χ4n) is 3.57. The van der Waals surface area contributed by atoms with Crippen LogP contribution in [0.5, 0.6) is 0 Å². The van der Waals surface area contributed by atoms with E-state index in [0.717, 1.165) is 0 Å². The second-order valence-corrected chi connectivity index (χ2v) is 7.69. The summed E-state index contributed by atoms with van der Waals surface area (Å²) in [7, 11) is 2.22. The highest BCUT2D eigenvalue weighted by Gasteiger charge is 2.13. The monoisotopic (exact) mass is 324 g/mol. The topological polar surface area (TPSA) is 6.48 Å². The van der Waals surface area contributed by atoms with Gasteiger partial charge < -0.3 is 9.80 Å². The molecule has 0 bridgehead atoms. The Labute approximate surface area is 142 Å². The Morgan fingerprint density at radius 3 is 2.57 bits per heavy atom. The minimum Gasteiger partial charge on any atom is -0.304 e. The summed E-state index contributed by atoms with van der Waals surface area (Å²) < 4.78 is 2.90. The van der Waals surface area contributed by atoms with Crippen LogP contribution in [0.3, 0.4) is 0 Å². The van der Waals surface area contributed by atoms with Crippen LogP contribution in [0, 0.1) is 0 Å². The highest BCUT2D eigenvalue weighted by atomic mass is 32.1. The largest absolute Gasteiger partial charge is 0.304 e. The fraction of sp³-hybridized carbons (Fsp3) is 0.400. The van der Waals surface area contributed by atoms with E-state index in [2.05, 4.69) is 59.3 Å². The number of likely N-dealkylation sites (N-methyl/N-ethyl adjacent to an activating group) is 1. The summed E-state index contributed by atoms with van der Waals surface area (Å²) in [5.41, 5.74) is 1.53. The minimum absolute atomic E-state index is 1.19. The summed E-state index contributed by atoms with van der Waals surface area (Å²) in [5, 5.41) is 2.84. The number of rotatable bonds is 4. The number of hydrogen-bond acceptors (Lipinski definition) is 3. The molecule has 1 aliphatic rings. The van der Waals surface area contributed by atoms with E-state index in [0.29, 0.717) is 0 Å². The highest BCUT2D eigenvalue weighted by molar-refractivity contribution is 7.26. The third-order valence-corrected chi connectivity index (χ3v) is 6.26. The Hall–Kier alpha value is -1.42. The average Bonchev–Trinajstić information content (AvgIpc) is 2.96. The predicted octanol–water partition coefficient (Wildman–Crippen LogP) is 4.23. The second kappa shape index (κ2) is 6.60. The van der Waals surface area contributed by atoms with Crippen LogP contribution in [-0.2, 0) is 6.42 Å². The summed E-state index contributed by atoms with van der Waals surface area (Å²) in [6, 6.07) is 15.6. The maximum absolute atomic E-state index is 2.62. The van der Waals surface area contributed by atoms with Crippen LogP contribution < -0.4 is 0 Å². The fourth-order valence-corrected chi connectivity index (χ4v) is 4.81. The normalized spacial score (nSPS) is 17.3. The molecule has 0 amide bonds. The Kier molecular flexibility index (Phi) is 4.34. The maximum Gasteiger partial charge on any atom is 0.0387 e. The van der Waals surface area contributed by atoms with Crippen molar-refractivity contribution >= 4 is 31.5 Å². The summed E-state index contributed by atoms with van der Waals surface area (Å²) in [5.74, 6) is 0. The van der Waals surface area contributed by atoms with Crippen molar-refractivity contribution in [2.75, 3.05) is 39.8 Å². The molecular weight excluding hydrogens is 300 g/mol. The van der Waals surface area contributed by atoms with Gasteiger partial charge in [-0.1, -0.05) is 36.4 Å². The molecule has 3 heteroatoms. The van der Waals surface area contributed by atoms with Gasteiger partial charge in [-0.15, -0.1) is 11.3 Å². The van der Waals surface area contributed by atoms with E-state index in [-0.39, 0.29) is 0 Å². The lowest BCUT2D eigenvalue weighted by Gasteiger charge is -2.32. The molecular formula is C20H24N2S. The molecule has 3 aromatic rings. The zero-order chi connectivity index (χ0) is 15.6. The van der Waals surface area contributed by atoms with Crippen molar-refractivity contribution in [3.05, 3.63) is 48.0 Å². The summed E-state index contributed by atoms with van der Waals surface area (Å²) in [4.78, 5) is 5.04. The van der Waals surface area contributed by atoms with Crippen molar-refractivity contribution in [3.63, 3.8) is 0 Å². The standard InChI is InChI=1S/C20H24N2S/c1-21-12-14-22(15-13-21)11-5-7-16-6-4-9-18-17-8-2-3-10-19(17)23-20(16)18/h2-4,6,8-10H,5,7,11-15H2,1H3. The number of nitrogens with zero attached hydrogens (tertiary/aromatic N) is 2. The lowest BCUT2D eigenvalue weighted by atomic mass is 10.1. The molecule has 0 N–H and O–H groups in total. The van der Waals surface area contributed by atoms with Crippen LogP contribution >= 0.6 is 11.3 Å². The van der Waals surface area contributed by atoms with Crippen LogP contribution in [-0.4, -0.2) is 49.6 Å². The van der Waals surface area contributed by atoms with Gasteiger partial charge in [0.15, 0.2) is 0 Å². The van der Waals surface area contributed by atoms with Gasteiger partial charge in [-0.2, -0.15) is 0 Å². The van der Waals surface area contributed by atoms with Gasteiger partial charge in [0.05, 0.1) is 0 Å². The van der Waals surface area contributed by atoms with Crippen molar-refractivity contribution in [2.24, 2.45) is 0 Å². The molecule has 0 radical (unpaired) electrons. The van der Waals surface area contributed by atoms with E-state index in [4.69, 9.17) is 0 Å². The number of piperazine rings is 1. The van der Waals surface area contributed by atoms with Crippen LogP contribution in [0.15, 0.2) is 42.5 Å². The van der Waals surface area contributed by atoms with Crippen LogP contribution in [0.25, 0.3) is 20.2 Å². The minimum atomic E-state index is 1.19. The van der Waals surface area contributed by atoms with Crippen molar-refractivity contribution in [1.29, 1.82) is 0 Å². The Balaban J connectivity index is 1.48. The lowest BCUT2D eigenvalue weighted by Crippen LogP contribution is -2.44. The molecule has 2 heterocycles. The van der Waals surface area contributed by atoms with Gasteiger partial charge in [0.1, 0.15) is 0 Å². The van der Waals surface area contributed by atoms with E-state index >= 15 is 0 Å². The van der Waals surface area contributed by atoms with Gasteiger partial charge in [0.25, 0.3) is 0 Å². The number of hydrogen-bond donors (Lipinski definition) is 0. The Morgan fingerprint density at radius 2 is 1.70 bits per heavy atom. The molecule has 1 fully saturated rings. The molecule has 1 saturated heterocycles. The van der Waals surface area contributed by atoms with Crippen LogP contribution in [0.2, 0.25) is 0 Å². The first kappa shape index (κ1) is 15.1. The van der Waals surface area contributed by atoms with E-state index in [1.165, 1.54) is 71.3 Å². The van der Waals surface area contributed by atoms with Gasteiger partial charge in [-0.25, -0.2) is 0 Å².